The Morgan fingerprint density at radius 3 is 2.26 bits per heavy atom. The molecule has 0 saturated heterocycles. The van der Waals surface area contributed by atoms with Gasteiger partial charge in [-0.3, -0.25) is 0 Å². The maximum absolute atomic E-state index is 3.60. The van der Waals surface area contributed by atoms with Crippen molar-refractivity contribution >= 4 is 0 Å². The molecule has 0 radical (unpaired) electrons. The highest BCUT2D eigenvalue weighted by atomic mass is 14.9. The van der Waals surface area contributed by atoms with Crippen molar-refractivity contribution in [2.24, 2.45) is 5.92 Å². The van der Waals surface area contributed by atoms with Crippen LogP contribution in [0.25, 0.3) is 0 Å². The molecule has 106 valence electrons. The van der Waals surface area contributed by atoms with Gasteiger partial charge in [-0.2, -0.15) is 0 Å². The minimum Gasteiger partial charge on any atom is -0.313 e. The molecule has 0 amide bonds. The number of hydrogen-bond donors (Lipinski definition) is 1. The molecule has 1 fully saturated rings. The lowest BCUT2D eigenvalue weighted by Gasteiger charge is -2.30. The molecule has 1 N–H and O–H groups in total. The lowest BCUT2D eigenvalue weighted by Crippen LogP contribution is -2.26. The summed E-state index contributed by atoms with van der Waals surface area (Å²) in [5, 5.41) is 3.60. The van der Waals surface area contributed by atoms with Crippen molar-refractivity contribution in [3.8, 4) is 0 Å². The van der Waals surface area contributed by atoms with Crippen LogP contribution in [0, 0.1) is 19.8 Å². The average Bonchev–Trinajstić information content (AvgIpc) is 2.36. The zero-order valence-corrected chi connectivity index (χ0v) is 12.8. The molecule has 1 aliphatic carbocycles. The van der Waals surface area contributed by atoms with Crippen molar-refractivity contribution in [3.63, 3.8) is 0 Å². The largest absolute Gasteiger partial charge is 0.313 e. The first-order valence-corrected chi connectivity index (χ1v) is 7.97. The van der Waals surface area contributed by atoms with Gasteiger partial charge in [-0.25, -0.2) is 0 Å². The van der Waals surface area contributed by atoms with Gasteiger partial charge in [-0.05, 0) is 50.8 Å². The summed E-state index contributed by atoms with van der Waals surface area (Å²) in [5.41, 5.74) is 4.34. The summed E-state index contributed by atoms with van der Waals surface area (Å²) in [6, 6.07) is 7.43. The third-order valence-corrected chi connectivity index (χ3v) is 4.70. The summed E-state index contributed by atoms with van der Waals surface area (Å²) in [4.78, 5) is 0. The maximum Gasteiger partial charge on any atom is 0.0348 e. The molecular weight excluding hydrogens is 230 g/mol. The van der Waals surface area contributed by atoms with Crippen molar-refractivity contribution in [3.05, 3.63) is 34.9 Å². The molecule has 0 aliphatic heterocycles. The lowest BCUT2D eigenvalue weighted by molar-refractivity contribution is 0.299. The van der Waals surface area contributed by atoms with E-state index in [9.17, 15) is 0 Å². The Morgan fingerprint density at radius 2 is 1.63 bits per heavy atom. The van der Waals surface area contributed by atoms with Crippen LogP contribution in [0.3, 0.4) is 0 Å². The number of hydrogen-bond acceptors (Lipinski definition) is 1. The van der Waals surface area contributed by atoms with Crippen LogP contribution in [0.5, 0.6) is 0 Å². The third-order valence-electron chi connectivity index (χ3n) is 4.70. The van der Waals surface area contributed by atoms with Crippen LogP contribution < -0.4 is 5.32 Å². The summed E-state index contributed by atoms with van der Waals surface area (Å²) in [6.07, 6.45) is 9.90. The van der Waals surface area contributed by atoms with Gasteiger partial charge < -0.3 is 5.32 Å². The summed E-state index contributed by atoms with van der Waals surface area (Å²) >= 11 is 0. The Bertz CT molecular complexity index is 389. The molecular formula is C18H29N. The van der Waals surface area contributed by atoms with Crippen LogP contribution in [-0.4, -0.2) is 7.05 Å². The molecule has 1 nitrogen and oxygen atoms in total. The van der Waals surface area contributed by atoms with Crippen LogP contribution >= 0.6 is 0 Å². The van der Waals surface area contributed by atoms with Crippen LogP contribution in [-0.2, 0) is 0 Å². The van der Waals surface area contributed by atoms with E-state index in [0.29, 0.717) is 6.04 Å². The van der Waals surface area contributed by atoms with E-state index in [4.69, 9.17) is 0 Å². The van der Waals surface area contributed by atoms with E-state index in [0.717, 1.165) is 5.92 Å². The van der Waals surface area contributed by atoms with E-state index >= 15 is 0 Å². The van der Waals surface area contributed by atoms with Crippen LogP contribution in [0.4, 0.5) is 0 Å². The van der Waals surface area contributed by atoms with Crippen LogP contribution in [0.15, 0.2) is 18.2 Å². The Morgan fingerprint density at radius 1 is 1.00 bits per heavy atom. The predicted octanol–water partition coefficient (Wildman–Crippen LogP) is 4.92. The van der Waals surface area contributed by atoms with E-state index < -0.39 is 0 Å². The minimum atomic E-state index is 0.540. The van der Waals surface area contributed by atoms with Crippen molar-refractivity contribution < 1.29 is 0 Å². The minimum absolute atomic E-state index is 0.540. The highest BCUT2D eigenvalue weighted by Gasteiger charge is 2.23. The first-order valence-electron chi connectivity index (χ1n) is 7.97. The SMILES string of the molecule is CNC(c1cc(C)ccc1C)C1CCCCCCC1. The molecule has 1 aliphatic rings. The van der Waals surface area contributed by atoms with Crippen LogP contribution in [0.2, 0.25) is 0 Å². The van der Waals surface area contributed by atoms with Crippen LogP contribution in [0.1, 0.15) is 67.7 Å². The molecule has 19 heavy (non-hydrogen) atoms. The molecule has 0 aromatic heterocycles. The molecule has 1 saturated carbocycles. The normalized spacial score (nSPS) is 19.7. The zero-order chi connectivity index (χ0) is 13.7. The van der Waals surface area contributed by atoms with E-state index in [1.54, 1.807) is 0 Å². The van der Waals surface area contributed by atoms with Gasteiger partial charge in [0.15, 0.2) is 0 Å². The highest BCUT2D eigenvalue weighted by molar-refractivity contribution is 5.33. The zero-order valence-electron chi connectivity index (χ0n) is 12.8. The van der Waals surface area contributed by atoms with Gasteiger partial charge in [0.1, 0.15) is 0 Å². The summed E-state index contributed by atoms with van der Waals surface area (Å²) in [5.74, 6) is 0.811. The van der Waals surface area contributed by atoms with E-state index in [-0.39, 0.29) is 0 Å². The smallest absolute Gasteiger partial charge is 0.0348 e. The van der Waals surface area contributed by atoms with Crippen molar-refractivity contribution in [2.45, 2.75) is 64.8 Å². The molecule has 1 aromatic rings. The van der Waals surface area contributed by atoms with E-state index in [1.165, 1.54) is 61.6 Å². The van der Waals surface area contributed by atoms with Gasteiger partial charge in [0.2, 0.25) is 0 Å². The van der Waals surface area contributed by atoms with Crippen molar-refractivity contribution in [1.82, 2.24) is 5.32 Å². The second kappa shape index (κ2) is 7.09. The number of nitrogens with one attached hydrogen (secondary N) is 1. The summed E-state index contributed by atoms with van der Waals surface area (Å²) in [6.45, 7) is 4.45. The monoisotopic (exact) mass is 259 g/mol. The Labute approximate surface area is 118 Å². The second-order valence-electron chi connectivity index (χ2n) is 6.23. The number of benzene rings is 1. The topological polar surface area (TPSA) is 12.0 Å². The highest BCUT2D eigenvalue weighted by Crippen LogP contribution is 2.34. The second-order valence-corrected chi connectivity index (χ2v) is 6.23. The van der Waals surface area contributed by atoms with Crippen molar-refractivity contribution in [1.29, 1.82) is 0 Å². The fourth-order valence-electron chi connectivity index (χ4n) is 3.56. The van der Waals surface area contributed by atoms with E-state index in [1.807, 2.05) is 0 Å². The maximum atomic E-state index is 3.60. The molecule has 2 rings (SSSR count). The van der Waals surface area contributed by atoms with E-state index in [2.05, 4.69) is 44.4 Å². The third kappa shape index (κ3) is 3.82. The molecule has 0 spiro atoms. The molecule has 1 atom stereocenters. The molecule has 1 aromatic carbocycles. The lowest BCUT2D eigenvalue weighted by atomic mass is 9.81. The van der Waals surface area contributed by atoms with Gasteiger partial charge in [-0.15, -0.1) is 0 Å². The molecule has 1 unspecified atom stereocenters. The fourth-order valence-corrected chi connectivity index (χ4v) is 3.56. The fraction of sp³-hybridized carbons (Fsp3) is 0.667. The first-order chi connectivity index (χ1) is 9.22. The summed E-state index contributed by atoms with van der Waals surface area (Å²) in [7, 11) is 2.13. The Hall–Kier alpha value is -0.820. The predicted molar refractivity (Wildman–Crippen MR) is 83.5 cm³/mol. The van der Waals surface area contributed by atoms with Crippen molar-refractivity contribution in [2.75, 3.05) is 7.05 Å². The average molecular weight is 259 g/mol. The van der Waals surface area contributed by atoms with Gasteiger partial charge in [0.25, 0.3) is 0 Å². The van der Waals surface area contributed by atoms with Gasteiger partial charge >= 0.3 is 0 Å². The van der Waals surface area contributed by atoms with Gasteiger partial charge in [-0.1, -0.05) is 55.9 Å². The summed E-state index contributed by atoms with van der Waals surface area (Å²) < 4.78 is 0. The first kappa shape index (κ1) is 14.6. The Balaban J connectivity index is 2.19. The standard InChI is InChI=1S/C18H29N/c1-14-11-12-15(2)17(13-14)18(19-3)16-9-7-5-4-6-8-10-16/h11-13,16,18-19H,4-10H2,1-3H3. The Kier molecular flexibility index (Phi) is 5.45. The molecule has 0 heterocycles. The van der Waals surface area contributed by atoms with Gasteiger partial charge in [0, 0.05) is 6.04 Å². The number of rotatable bonds is 3. The molecule has 0 bridgehead atoms. The molecule has 1 heteroatoms. The quantitative estimate of drug-likeness (QED) is 0.812. The van der Waals surface area contributed by atoms with Gasteiger partial charge in [0.05, 0.1) is 0 Å². The number of aryl methyl sites for hydroxylation is 2.